The van der Waals surface area contributed by atoms with Crippen molar-refractivity contribution in [2.45, 2.75) is 11.4 Å². The van der Waals surface area contributed by atoms with Crippen molar-refractivity contribution >= 4 is 21.4 Å². The summed E-state index contributed by atoms with van der Waals surface area (Å²) in [6.07, 6.45) is 3.53. The Morgan fingerprint density at radius 3 is 2.32 bits per heavy atom. The van der Waals surface area contributed by atoms with Crippen LogP contribution in [0.15, 0.2) is 71.9 Å². The van der Waals surface area contributed by atoms with Crippen LogP contribution in [0.1, 0.15) is 5.56 Å². The van der Waals surface area contributed by atoms with Crippen molar-refractivity contribution in [3.05, 3.63) is 82.7 Å². The van der Waals surface area contributed by atoms with Crippen LogP contribution < -0.4 is 4.72 Å². The third-order valence-electron chi connectivity index (χ3n) is 3.47. The third-order valence-corrected chi connectivity index (χ3v) is 4.86. The van der Waals surface area contributed by atoms with E-state index in [1.807, 2.05) is 12.3 Å². The molecule has 0 spiro atoms. The summed E-state index contributed by atoms with van der Waals surface area (Å²) in [5.41, 5.74) is 1.21. The number of nitrogens with zero attached hydrogens (tertiary/aromatic N) is 3. The summed E-state index contributed by atoms with van der Waals surface area (Å²) in [4.78, 5) is 10.0. The number of benzene rings is 2. The van der Waals surface area contributed by atoms with Crippen molar-refractivity contribution < 1.29 is 13.3 Å². The Morgan fingerprint density at radius 1 is 1.08 bits per heavy atom. The maximum Gasteiger partial charge on any atom is 0.269 e. The van der Waals surface area contributed by atoms with Gasteiger partial charge in [-0.3, -0.25) is 19.5 Å². The summed E-state index contributed by atoms with van der Waals surface area (Å²) >= 11 is 0. The number of rotatable bonds is 6. The van der Waals surface area contributed by atoms with E-state index < -0.39 is 14.9 Å². The molecular weight excluding hydrogens is 344 g/mol. The van der Waals surface area contributed by atoms with Gasteiger partial charge in [0.15, 0.2) is 0 Å². The topological polar surface area (TPSA) is 107 Å². The highest BCUT2D eigenvalue weighted by molar-refractivity contribution is 7.92. The van der Waals surface area contributed by atoms with Gasteiger partial charge in [-0.25, -0.2) is 8.42 Å². The molecule has 3 rings (SSSR count). The number of anilines is 1. The Balaban J connectivity index is 1.73. The number of nitrogens with one attached hydrogen (secondary N) is 1. The Hall–Kier alpha value is -3.20. The number of non-ortho nitro benzene ring substituents is 1. The molecule has 128 valence electrons. The molecule has 0 aliphatic carbocycles. The Bertz CT molecular complexity index is 966. The molecule has 1 aromatic heterocycles. The van der Waals surface area contributed by atoms with E-state index in [-0.39, 0.29) is 10.6 Å². The Kier molecular flexibility index (Phi) is 4.48. The molecule has 1 N–H and O–H groups in total. The second kappa shape index (κ2) is 6.73. The summed E-state index contributed by atoms with van der Waals surface area (Å²) in [6.45, 7) is 0.586. The van der Waals surface area contributed by atoms with Gasteiger partial charge in [0.25, 0.3) is 15.7 Å². The van der Waals surface area contributed by atoms with Gasteiger partial charge in [0.1, 0.15) is 0 Å². The fraction of sp³-hybridized carbons (Fsp3) is 0.0625. The van der Waals surface area contributed by atoms with Crippen molar-refractivity contribution in [2.75, 3.05) is 4.72 Å². The molecule has 0 saturated heterocycles. The Morgan fingerprint density at radius 2 is 1.76 bits per heavy atom. The summed E-state index contributed by atoms with van der Waals surface area (Å²) in [7, 11) is -3.81. The van der Waals surface area contributed by atoms with E-state index in [4.69, 9.17) is 0 Å². The molecular formula is C16H14N4O4S. The van der Waals surface area contributed by atoms with Crippen LogP contribution in [-0.2, 0) is 16.6 Å². The van der Waals surface area contributed by atoms with Crippen LogP contribution >= 0.6 is 0 Å². The zero-order chi connectivity index (χ0) is 17.9. The zero-order valence-corrected chi connectivity index (χ0v) is 13.8. The second-order valence-corrected chi connectivity index (χ2v) is 6.94. The third kappa shape index (κ3) is 4.01. The van der Waals surface area contributed by atoms with Gasteiger partial charge < -0.3 is 0 Å². The zero-order valence-electron chi connectivity index (χ0n) is 12.9. The first-order valence-electron chi connectivity index (χ1n) is 7.28. The minimum atomic E-state index is -3.81. The van der Waals surface area contributed by atoms with Crippen molar-refractivity contribution in [1.29, 1.82) is 0 Å². The summed E-state index contributed by atoms with van der Waals surface area (Å²) in [5.74, 6) is 0. The molecule has 25 heavy (non-hydrogen) atoms. The largest absolute Gasteiger partial charge is 0.280 e. The van der Waals surface area contributed by atoms with Crippen LogP contribution in [0.5, 0.6) is 0 Å². The molecule has 0 aliphatic rings. The molecule has 0 saturated carbocycles. The van der Waals surface area contributed by atoms with Crippen LogP contribution in [0, 0.1) is 10.1 Å². The summed E-state index contributed by atoms with van der Waals surface area (Å²) in [6, 6.07) is 13.4. The van der Waals surface area contributed by atoms with E-state index in [1.165, 1.54) is 12.1 Å². The van der Waals surface area contributed by atoms with E-state index in [2.05, 4.69) is 9.82 Å². The SMILES string of the molecule is O=[N+]([O-])c1ccc(S(=O)(=O)Nc2ccc(Cn3cccn3)cc2)cc1. The fourth-order valence-electron chi connectivity index (χ4n) is 2.22. The molecule has 0 atom stereocenters. The van der Waals surface area contributed by atoms with Gasteiger partial charge in [-0.2, -0.15) is 5.10 Å². The maximum atomic E-state index is 12.3. The first-order valence-corrected chi connectivity index (χ1v) is 8.76. The van der Waals surface area contributed by atoms with Crippen molar-refractivity contribution in [3.63, 3.8) is 0 Å². The van der Waals surface area contributed by atoms with E-state index in [0.29, 0.717) is 12.2 Å². The lowest BCUT2D eigenvalue weighted by molar-refractivity contribution is -0.384. The number of aromatic nitrogens is 2. The summed E-state index contributed by atoms with van der Waals surface area (Å²) < 4.78 is 28.9. The lowest BCUT2D eigenvalue weighted by Gasteiger charge is -2.09. The molecule has 2 aromatic carbocycles. The number of nitro groups is 1. The molecule has 0 unspecified atom stereocenters. The van der Waals surface area contributed by atoms with Crippen molar-refractivity contribution in [3.8, 4) is 0 Å². The first kappa shape index (κ1) is 16.7. The van der Waals surface area contributed by atoms with Crippen molar-refractivity contribution in [2.24, 2.45) is 0 Å². The normalized spacial score (nSPS) is 11.2. The average molecular weight is 358 g/mol. The van der Waals surface area contributed by atoms with Crippen LogP contribution in [0.25, 0.3) is 0 Å². The van der Waals surface area contributed by atoms with E-state index in [0.717, 1.165) is 17.7 Å². The van der Waals surface area contributed by atoms with Gasteiger partial charge in [0.05, 0.1) is 16.4 Å². The number of hydrogen-bond donors (Lipinski definition) is 1. The highest BCUT2D eigenvalue weighted by Gasteiger charge is 2.16. The maximum absolute atomic E-state index is 12.3. The van der Waals surface area contributed by atoms with Gasteiger partial charge in [-0.1, -0.05) is 12.1 Å². The number of hydrogen-bond acceptors (Lipinski definition) is 5. The van der Waals surface area contributed by atoms with Crippen LogP contribution in [0.2, 0.25) is 0 Å². The molecule has 0 radical (unpaired) electrons. The van der Waals surface area contributed by atoms with Crippen molar-refractivity contribution in [1.82, 2.24) is 9.78 Å². The van der Waals surface area contributed by atoms with Gasteiger partial charge in [-0.05, 0) is 35.9 Å². The van der Waals surface area contributed by atoms with E-state index in [9.17, 15) is 18.5 Å². The quantitative estimate of drug-likeness (QED) is 0.538. The molecule has 8 nitrogen and oxygen atoms in total. The van der Waals surface area contributed by atoms with Gasteiger partial charge >= 0.3 is 0 Å². The molecule has 0 aliphatic heterocycles. The lowest BCUT2D eigenvalue weighted by atomic mass is 10.2. The van der Waals surface area contributed by atoms with Gasteiger partial charge in [-0.15, -0.1) is 0 Å². The molecule has 3 aromatic rings. The highest BCUT2D eigenvalue weighted by Crippen LogP contribution is 2.19. The van der Waals surface area contributed by atoms with E-state index in [1.54, 1.807) is 35.1 Å². The molecule has 9 heteroatoms. The predicted molar refractivity (Wildman–Crippen MR) is 91.7 cm³/mol. The Labute approximate surface area is 143 Å². The minimum absolute atomic E-state index is 0.0429. The summed E-state index contributed by atoms with van der Waals surface area (Å²) in [5, 5.41) is 14.7. The monoisotopic (exact) mass is 358 g/mol. The predicted octanol–water partition coefficient (Wildman–Crippen LogP) is 2.64. The van der Waals surface area contributed by atoms with Gasteiger partial charge in [0, 0.05) is 30.2 Å². The minimum Gasteiger partial charge on any atom is -0.280 e. The molecule has 0 amide bonds. The fourth-order valence-corrected chi connectivity index (χ4v) is 3.28. The van der Waals surface area contributed by atoms with Crippen LogP contribution in [0.3, 0.4) is 0 Å². The second-order valence-electron chi connectivity index (χ2n) is 5.26. The lowest BCUT2D eigenvalue weighted by Crippen LogP contribution is -2.13. The van der Waals surface area contributed by atoms with Crippen LogP contribution in [0.4, 0.5) is 11.4 Å². The number of nitro benzene ring substituents is 1. The average Bonchev–Trinajstić information content (AvgIpc) is 3.09. The van der Waals surface area contributed by atoms with Crippen LogP contribution in [-0.4, -0.2) is 23.1 Å². The van der Waals surface area contributed by atoms with E-state index >= 15 is 0 Å². The smallest absolute Gasteiger partial charge is 0.269 e. The molecule has 0 bridgehead atoms. The molecule has 0 fully saturated rings. The molecule has 1 heterocycles. The first-order chi connectivity index (χ1) is 11.9. The standard InChI is InChI=1S/C16H14N4O4S/c21-20(22)15-6-8-16(9-7-15)25(23,24)18-14-4-2-13(3-5-14)12-19-11-1-10-17-19/h1-11,18H,12H2. The van der Waals surface area contributed by atoms with Gasteiger partial charge in [0.2, 0.25) is 0 Å². The number of sulfonamides is 1. The highest BCUT2D eigenvalue weighted by atomic mass is 32.2.